The molecule has 0 aliphatic heterocycles. The van der Waals surface area contributed by atoms with Crippen LogP contribution in [0.4, 0.5) is 11.6 Å². The second-order valence-electron chi connectivity index (χ2n) is 3.16. The highest BCUT2D eigenvalue weighted by Crippen LogP contribution is 2.16. The second-order valence-corrected chi connectivity index (χ2v) is 3.52. The number of nitrogens with one attached hydrogen (secondary N) is 1. The fraction of sp³-hybridized carbons (Fsp3) is 0.125. The maximum Gasteiger partial charge on any atom is 0.270 e. The van der Waals surface area contributed by atoms with Crippen LogP contribution in [0.5, 0.6) is 0 Å². The van der Waals surface area contributed by atoms with Gasteiger partial charge in [-0.15, -0.1) is 5.10 Å². The number of nitrogens with two attached hydrogens (primary N) is 1. The van der Waals surface area contributed by atoms with E-state index in [1.807, 2.05) is 0 Å². The van der Waals surface area contributed by atoms with E-state index in [9.17, 15) is 4.79 Å². The Balaban J connectivity index is 2.22. The van der Waals surface area contributed by atoms with E-state index in [-0.39, 0.29) is 16.7 Å². The van der Waals surface area contributed by atoms with E-state index < -0.39 is 5.91 Å². The number of amides is 1. The lowest BCUT2D eigenvalue weighted by molar-refractivity contribution is 0.102. The first-order valence-corrected chi connectivity index (χ1v) is 4.90. The molecule has 0 aliphatic carbocycles. The minimum absolute atomic E-state index is 0.0561. The van der Waals surface area contributed by atoms with Gasteiger partial charge in [0, 0.05) is 0 Å². The standard InChI is InChI=1S/C8H8ClN7O/c1-16-14-8(13-15-16)12-7(17)5-2-4(10)3-11-6(5)9/h2-3H,10H2,1H3,(H,12,14,17). The molecule has 8 nitrogen and oxygen atoms in total. The lowest BCUT2D eigenvalue weighted by atomic mass is 10.2. The first-order chi connectivity index (χ1) is 8.06. The number of anilines is 2. The highest BCUT2D eigenvalue weighted by Gasteiger charge is 2.14. The summed E-state index contributed by atoms with van der Waals surface area (Å²) < 4.78 is 0. The van der Waals surface area contributed by atoms with Crippen molar-refractivity contribution < 1.29 is 4.79 Å². The molecular formula is C8H8ClN7O. The smallest absolute Gasteiger partial charge is 0.270 e. The zero-order valence-corrected chi connectivity index (χ0v) is 9.51. The monoisotopic (exact) mass is 253 g/mol. The number of hydrogen-bond acceptors (Lipinski definition) is 6. The van der Waals surface area contributed by atoms with Crippen molar-refractivity contribution in [2.24, 2.45) is 7.05 Å². The Morgan fingerprint density at radius 2 is 2.35 bits per heavy atom. The number of halogens is 1. The van der Waals surface area contributed by atoms with E-state index in [2.05, 4.69) is 25.7 Å². The number of carbonyl (C=O) groups excluding carboxylic acids is 1. The fourth-order valence-electron chi connectivity index (χ4n) is 1.13. The molecular weight excluding hydrogens is 246 g/mol. The minimum Gasteiger partial charge on any atom is -0.397 e. The molecule has 2 aromatic rings. The number of tetrazole rings is 1. The van der Waals surface area contributed by atoms with Gasteiger partial charge < -0.3 is 5.73 Å². The Morgan fingerprint density at radius 3 is 3.00 bits per heavy atom. The molecule has 0 bridgehead atoms. The van der Waals surface area contributed by atoms with E-state index in [1.165, 1.54) is 17.1 Å². The Labute approximate surface area is 101 Å². The molecule has 0 aliphatic rings. The van der Waals surface area contributed by atoms with E-state index in [0.29, 0.717) is 5.69 Å². The topological polar surface area (TPSA) is 112 Å². The van der Waals surface area contributed by atoms with E-state index in [1.54, 1.807) is 7.05 Å². The summed E-state index contributed by atoms with van der Waals surface area (Å²) in [4.78, 5) is 16.8. The summed E-state index contributed by atoms with van der Waals surface area (Å²) in [6, 6.07) is 1.42. The summed E-state index contributed by atoms with van der Waals surface area (Å²) in [5.74, 6) is -0.418. The highest BCUT2D eigenvalue weighted by atomic mass is 35.5. The quantitative estimate of drug-likeness (QED) is 0.734. The van der Waals surface area contributed by atoms with Crippen molar-refractivity contribution in [2.75, 3.05) is 11.1 Å². The van der Waals surface area contributed by atoms with Crippen LogP contribution in [-0.4, -0.2) is 31.1 Å². The van der Waals surface area contributed by atoms with Gasteiger partial charge in [-0.25, -0.2) is 4.98 Å². The van der Waals surface area contributed by atoms with Crippen LogP contribution in [0.25, 0.3) is 0 Å². The predicted octanol–water partition coefficient (Wildman–Crippen LogP) is 0.0930. The first kappa shape index (κ1) is 11.3. The van der Waals surface area contributed by atoms with Gasteiger partial charge in [0.1, 0.15) is 5.15 Å². The molecule has 2 heterocycles. The van der Waals surface area contributed by atoms with Gasteiger partial charge in [-0.1, -0.05) is 16.7 Å². The van der Waals surface area contributed by atoms with Crippen molar-refractivity contribution in [1.82, 2.24) is 25.2 Å². The van der Waals surface area contributed by atoms with E-state index >= 15 is 0 Å². The molecule has 0 atom stereocenters. The number of nitrogen functional groups attached to an aromatic ring is 1. The maximum absolute atomic E-state index is 11.8. The van der Waals surface area contributed by atoms with Crippen molar-refractivity contribution >= 4 is 29.1 Å². The average molecular weight is 254 g/mol. The number of aromatic nitrogens is 5. The summed E-state index contributed by atoms with van der Waals surface area (Å²) in [6.45, 7) is 0. The predicted molar refractivity (Wildman–Crippen MR) is 60.4 cm³/mol. The summed E-state index contributed by atoms with van der Waals surface area (Å²) in [7, 11) is 1.58. The van der Waals surface area contributed by atoms with Gasteiger partial charge in [0.05, 0.1) is 24.5 Å². The van der Waals surface area contributed by atoms with Crippen LogP contribution >= 0.6 is 11.6 Å². The summed E-state index contributed by atoms with van der Waals surface area (Å²) in [5.41, 5.74) is 6.01. The molecule has 3 N–H and O–H groups in total. The zero-order valence-electron chi connectivity index (χ0n) is 8.75. The van der Waals surface area contributed by atoms with Crippen LogP contribution < -0.4 is 11.1 Å². The number of nitrogens with zero attached hydrogens (tertiary/aromatic N) is 5. The first-order valence-electron chi connectivity index (χ1n) is 4.52. The molecule has 17 heavy (non-hydrogen) atoms. The Morgan fingerprint density at radius 1 is 1.59 bits per heavy atom. The van der Waals surface area contributed by atoms with Crippen LogP contribution in [0.3, 0.4) is 0 Å². The SMILES string of the molecule is Cn1nnc(NC(=O)c2cc(N)cnc2Cl)n1. The minimum atomic E-state index is -0.497. The Bertz CT molecular complexity index is 567. The molecule has 88 valence electrons. The molecule has 0 fully saturated rings. The largest absolute Gasteiger partial charge is 0.397 e. The Hall–Kier alpha value is -2.22. The van der Waals surface area contributed by atoms with Gasteiger partial charge in [-0.2, -0.15) is 4.80 Å². The number of rotatable bonds is 2. The highest BCUT2D eigenvalue weighted by molar-refractivity contribution is 6.33. The van der Waals surface area contributed by atoms with Crippen LogP contribution in [0, 0.1) is 0 Å². The molecule has 0 saturated carbocycles. The number of hydrogen-bond donors (Lipinski definition) is 2. The van der Waals surface area contributed by atoms with Gasteiger partial charge in [0.25, 0.3) is 11.9 Å². The third-order valence-corrected chi connectivity index (χ3v) is 2.14. The van der Waals surface area contributed by atoms with Gasteiger partial charge in [0.2, 0.25) is 0 Å². The number of pyridine rings is 1. The lowest BCUT2D eigenvalue weighted by Crippen LogP contribution is -2.14. The van der Waals surface area contributed by atoms with Crippen molar-refractivity contribution in [2.45, 2.75) is 0 Å². The molecule has 2 aromatic heterocycles. The molecule has 9 heteroatoms. The molecule has 0 spiro atoms. The van der Waals surface area contributed by atoms with Crippen LogP contribution in [-0.2, 0) is 7.05 Å². The third-order valence-electron chi connectivity index (χ3n) is 1.84. The zero-order chi connectivity index (χ0) is 12.4. The fourth-order valence-corrected chi connectivity index (χ4v) is 1.32. The van der Waals surface area contributed by atoms with Gasteiger partial charge >= 0.3 is 0 Å². The van der Waals surface area contributed by atoms with Gasteiger partial charge in [0.15, 0.2) is 0 Å². The molecule has 1 amide bonds. The molecule has 0 aromatic carbocycles. The van der Waals surface area contributed by atoms with Crippen LogP contribution in [0.1, 0.15) is 10.4 Å². The van der Waals surface area contributed by atoms with Crippen LogP contribution in [0.2, 0.25) is 5.15 Å². The molecule has 0 saturated heterocycles. The van der Waals surface area contributed by atoms with Crippen molar-refractivity contribution in [3.05, 3.63) is 23.0 Å². The summed E-state index contributed by atoms with van der Waals surface area (Å²) in [5, 5.41) is 13.5. The number of carbonyl (C=O) groups is 1. The van der Waals surface area contributed by atoms with Gasteiger partial charge in [-0.3, -0.25) is 10.1 Å². The van der Waals surface area contributed by atoms with E-state index in [0.717, 1.165) is 0 Å². The average Bonchev–Trinajstić information content (AvgIpc) is 2.67. The van der Waals surface area contributed by atoms with Crippen molar-refractivity contribution in [1.29, 1.82) is 0 Å². The van der Waals surface area contributed by atoms with Crippen LogP contribution in [0.15, 0.2) is 12.3 Å². The summed E-state index contributed by atoms with van der Waals surface area (Å²) >= 11 is 5.77. The molecule has 2 rings (SSSR count). The lowest BCUT2D eigenvalue weighted by Gasteiger charge is -2.03. The normalized spacial score (nSPS) is 10.2. The van der Waals surface area contributed by atoms with Crippen molar-refractivity contribution in [3.63, 3.8) is 0 Å². The third kappa shape index (κ3) is 2.48. The van der Waals surface area contributed by atoms with Gasteiger partial charge in [-0.05, 0) is 11.3 Å². The molecule has 0 radical (unpaired) electrons. The summed E-state index contributed by atoms with van der Waals surface area (Å²) in [6.07, 6.45) is 1.36. The van der Waals surface area contributed by atoms with Crippen molar-refractivity contribution in [3.8, 4) is 0 Å². The second kappa shape index (κ2) is 4.34. The maximum atomic E-state index is 11.8. The Kier molecular flexibility index (Phi) is 2.88. The van der Waals surface area contributed by atoms with E-state index in [4.69, 9.17) is 17.3 Å². The molecule has 0 unspecified atom stereocenters. The number of aryl methyl sites for hydroxylation is 1.